The average Bonchev–Trinajstić information content (AvgIpc) is 3.14. The minimum absolute atomic E-state index is 0.732. The first-order chi connectivity index (χ1) is 12.7. The molecule has 2 fully saturated rings. The van der Waals surface area contributed by atoms with Gasteiger partial charge in [-0.3, -0.25) is 9.80 Å². The standard InChI is InChI=1S/C22H37N3O/c1-23(2)15-11-21-8-4-5-14-25(21)17-19-9-10-22(26-3)20(16-19)18-24-12-6-7-13-24/h9-10,16,21H,4-8,11-15,17-18H2,1-3H3/t21-/m0/s1. The molecule has 1 atom stereocenters. The van der Waals surface area contributed by atoms with Gasteiger partial charge in [-0.25, -0.2) is 0 Å². The monoisotopic (exact) mass is 359 g/mol. The fraction of sp³-hybridized carbons (Fsp3) is 0.727. The number of benzene rings is 1. The van der Waals surface area contributed by atoms with Crippen molar-refractivity contribution in [2.45, 2.75) is 57.7 Å². The summed E-state index contributed by atoms with van der Waals surface area (Å²) >= 11 is 0. The largest absolute Gasteiger partial charge is 0.496 e. The van der Waals surface area contributed by atoms with Crippen LogP contribution in [0.2, 0.25) is 0 Å². The van der Waals surface area contributed by atoms with Crippen molar-refractivity contribution >= 4 is 0 Å². The van der Waals surface area contributed by atoms with Gasteiger partial charge in [0.2, 0.25) is 0 Å². The van der Waals surface area contributed by atoms with Crippen molar-refractivity contribution in [3.8, 4) is 5.75 Å². The van der Waals surface area contributed by atoms with Crippen LogP contribution in [0, 0.1) is 0 Å². The van der Waals surface area contributed by atoms with E-state index in [1.54, 1.807) is 7.11 Å². The average molecular weight is 360 g/mol. The quantitative estimate of drug-likeness (QED) is 0.706. The van der Waals surface area contributed by atoms with E-state index in [1.165, 1.54) is 75.8 Å². The third kappa shape index (κ3) is 5.45. The molecule has 0 saturated carbocycles. The van der Waals surface area contributed by atoms with Crippen LogP contribution in [0.3, 0.4) is 0 Å². The lowest BCUT2D eigenvalue weighted by Gasteiger charge is -2.36. The van der Waals surface area contributed by atoms with Gasteiger partial charge >= 0.3 is 0 Å². The Bertz CT molecular complexity index is 554. The SMILES string of the molecule is COc1ccc(CN2CCCC[C@H]2CCN(C)C)cc1CN1CCCC1. The predicted molar refractivity (Wildman–Crippen MR) is 109 cm³/mol. The van der Waals surface area contributed by atoms with Gasteiger partial charge in [0.1, 0.15) is 5.75 Å². The lowest BCUT2D eigenvalue weighted by atomic mass is 9.98. The van der Waals surface area contributed by atoms with Gasteiger partial charge < -0.3 is 9.64 Å². The molecular formula is C22H37N3O. The summed E-state index contributed by atoms with van der Waals surface area (Å²) in [5.41, 5.74) is 2.80. The highest BCUT2D eigenvalue weighted by atomic mass is 16.5. The molecule has 0 aliphatic carbocycles. The Kier molecular flexibility index (Phi) is 7.35. The topological polar surface area (TPSA) is 19.0 Å². The van der Waals surface area contributed by atoms with E-state index < -0.39 is 0 Å². The molecule has 0 bridgehead atoms. The Labute approximate surface area is 160 Å². The normalized spacial score (nSPS) is 22.2. The molecule has 0 spiro atoms. The predicted octanol–water partition coefficient (Wildman–Crippen LogP) is 3.60. The maximum atomic E-state index is 5.64. The van der Waals surface area contributed by atoms with Crippen molar-refractivity contribution in [2.75, 3.05) is 47.4 Å². The Balaban J connectivity index is 1.67. The van der Waals surface area contributed by atoms with E-state index in [0.29, 0.717) is 0 Å². The highest BCUT2D eigenvalue weighted by molar-refractivity contribution is 5.37. The van der Waals surface area contributed by atoms with E-state index in [2.05, 4.69) is 47.0 Å². The molecule has 0 N–H and O–H groups in total. The second-order valence-electron chi connectivity index (χ2n) is 8.34. The van der Waals surface area contributed by atoms with E-state index in [1.807, 2.05) is 0 Å². The molecule has 2 aliphatic rings. The Morgan fingerprint density at radius 2 is 1.81 bits per heavy atom. The molecule has 0 radical (unpaired) electrons. The molecule has 4 heteroatoms. The van der Waals surface area contributed by atoms with Crippen LogP contribution >= 0.6 is 0 Å². The lowest BCUT2D eigenvalue weighted by molar-refractivity contribution is 0.124. The summed E-state index contributed by atoms with van der Waals surface area (Å²) in [7, 11) is 6.16. The molecular weight excluding hydrogens is 322 g/mol. The summed E-state index contributed by atoms with van der Waals surface area (Å²) in [6.45, 7) is 6.99. The summed E-state index contributed by atoms with van der Waals surface area (Å²) in [4.78, 5) is 7.59. The number of ether oxygens (including phenoxy) is 1. The number of piperidine rings is 1. The van der Waals surface area contributed by atoms with Crippen molar-refractivity contribution in [3.05, 3.63) is 29.3 Å². The zero-order valence-corrected chi connectivity index (χ0v) is 17.0. The van der Waals surface area contributed by atoms with Gasteiger partial charge in [-0.1, -0.05) is 12.5 Å². The number of hydrogen-bond acceptors (Lipinski definition) is 4. The smallest absolute Gasteiger partial charge is 0.123 e. The first-order valence-electron chi connectivity index (χ1n) is 10.4. The minimum Gasteiger partial charge on any atom is -0.496 e. The zero-order valence-electron chi connectivity index (χ0n) is 17.0. The first-order valence-corrected chi connectivity index (χ1v) is 10.4. The maximum absolute atomic E-state index is 5.64. The molecule has 2 aliphatic heterocycles. The van der Waals surface area contributed by atoms with E-state index >= 15 is 0 Å². The van der Waals surface area contributed by atoms with Crippen LogP contribution in [-0.2, 0) is 13.1 Å². The molecule has 4 nitrogen and oxygen atoms in total. The van der Waals surface area contributed by atoms with E-state index in [9.17, 15) is 0 Å². The van der Waals surface area contributed by atoms with Gasteiger partial charge in [-0.05, 0) is 90.1 Å². The Hall–Kier alpha value is -1.10. The highest BCUT2D eigenvalue weighted by Gasteiger charge is 2.23. The van der Waals surface area contributed by atoms with Gasteiger partial charge in [-0.15, -0.1) is 0 Å². The molecule has 2 heterocycles. The minimum atomic E-state index is 0.732. The maximum Gasteiger partial charge on any atom is 0.123 e. The lowest BCUT2D eigenvalue weighted by Crippen LogP contribution is -2.40. The summed E-state index contributed by atoms with van der Waals surface area (Å²) in [5, 5.41) is 0. The van der Waals surface area contributed by atoms with Gasteiger partial charge in [0.25, 0.3) is 0 Å². The zero-order chi connectivity index (χ0) is 18.4. The third-order valence-corrected chi connectivity index (χ3v) is 5.98. The number of likely N-dealkylation sites (tertiary alicyclic amines) is 2. The van der Waals surface area contributed by atoms with Crippen molar-refractivity contribution < 1.29 is 4.74 Å². The van der Waals surface area contributed by atoms with Crippen LogP contribution < -0.4 is 4.74 Å². The van der Waals surface area contributed by atoms with Gasteiger partial charge in [0.15, 0.2) is 0 Å². The molecule has 26 heavy (non-hydrogen) atoms. The van der Waals surface area contributed by atoms with Crippen LogP contribution in [0.4, 0.5) is 0 Å². The Morgan fingerprint density at radius 3 is 2.54 bits per heavy atom. The number of hydrogen-bond donors (Lipinski definition) is 0. The fourth-order valence-electron chi connectivity index (χ4n) is 4.47. The van der Waals surface area contributed by atoms with Crippen LogP contribution in [-0.4, -0.2) is 68.1 Å². The molecule has 146 valence electrons. The molecule has 1 aromatic rings. The van der Waals surface area contributed by atoms with Crippen LogP contribution in [0.5, 0.6) is 5.75 Å². The van der Waals surface area contributed by atoms with Crippen LogP contribution in [0.25, 0.3) is 0 Å². The van der Waals surface area contributed by atoms with Gasteiger partial charge in [0, 0.05) is 24.7 Å². The summed E-state index contributed by atoms with van der Waals surface area (Å²) in [5.74, 6) is 1.04. The van der Waals surface area contributed by atoms with Crippen molar-refractivity contribution in [1.29, 1.82) is 0 Å². The second kappa shape index (κ2) is 9.72. The summed E-state index contributed by atoms with van der Waals surface area (Å²) < 4.78 is 5.64. The first kappa shape index (κ1) is 19.7. The highest BCUT2D eigenvalue weighted by Crippen LogP contribution is 2.26. The summed E-state index contributed by atoms with van der Waals surface area (Å²) in [6.07, 6.45) is 8.04. The van der Waals surface area contributed by atoms with Gasteiger partial charge in [0.05, 0.1) is 7.11 Å². The molecule has 0 aromatic heterocycles. The molecule has 0 amide bonds. The molecule has 1 aromatic carbocycles. The van der Waals surface area contributed by atoms with E-state index in [0.717, 1.165) is 24.9 Å². The summed E-state index contributed by atoms with van der Waals surface area (Å²) in [6, 6.07) is 7.58. The Morgan fingerprint density at radius 1 is 1.04 bits per heavy atom. The molecule has 0 unspecified atom stereocenters. The number of methoxy groups -OCH3 is 1. The van der Waals surface area contributed by atoms with Crippen molar-refractivity contribution in [1.82, 2.24) is 14.7 Å². The van der Waals surface area contributed by atoms with Gasteiger partial charge in [-0.2, -0.15) is 0 Å². The van der Waals surface area contributed by atoms with E-state index in [4.69, 9.17) is 4.74 Å². The van der Waals surface area contributed by atoms with Crippen LogP contribution in [0.1, 0.15) is 49.7 Å². The number of rotatable bonds is 8. The third-order valence-electron chi connectivity index (χ3n) is 5.98. The molecule has 3 rings (SSSR count). The van der Waals surface area contributed by atoms with Crippen LogP contribution in [0.15, 0.2) is 18.2 Å². The van der Waals surface area contributed by atoms with Crippen molar-refractivity contribution in [2.24, 2.45) is 0 Å². The van der Waals surface area contributed by atoms with Crippen molar-refractivity contribution in [3.63, 3.8) is 0 Å². The number of nitrogens with zero attached hydrogens (tertiary/aromatic N) is 3. The fourth-order valence-corrected chi connectivity index (χ4v) is 4.47. The van der Waals surface area contributed by atoms with E-state index in [-0.39, 0.29) is 0 Å². The second-order valence-corrected chi connectivity index (χ2v) is 8.34. The molecule has 2 saturated heterocycles.